The van der Waals surface area contributed by atoms with Crippen molar-refractivity contribution >= 4 is 11.9 Å². The molecule has 0 saturated carbocycles. The molecule has 0 aromatic carbocycles. The Morgan fingerprint density at radius 1 is 1.25 bits per heavy atom. The Kier molecular flexibility index (Phi) is 4.64. The predicted molar refractivity (Wildman–Crippen MR) is 67.1 cm³/mol. The first-order valence-electron chi connectivity index (χ1n) is 6.34. The fourth-order valence-corrected chi connectivity index (χ4v) is 2.07. The zero-order chi connectivity index (χ0) is 14.5. The Balaban J connectivity index is 1.84. The molecule has 1 aromatic heterocycles. The standard InChI is InChI=1S/C11H17N5O4/c17-6-5-14-1-3-15(4-2-14)10(18)8-16-7-9(11(19)20)12-13-16/h7,17H,1-6,8H2,(H,19,20). The molecule has 110 valence electrons. The summed E-state index contributed by atoms with van der Waals surface area (Å²) in [6.07, 6.45) is 1.24. The van der Waals surface area contributed by atoms with Crippen molar-refractivity contribution in [1.82, 2.24) is 24.8 Å². The first-order chi connectivity index (χ1) is 9.60. The minimum absolute atomic E-state index is 0.0136. The van der Waals surface area contributed by atoms with Crippen molar-refractivity contribution in [2.45, 2.75) is 6.54 Å². The van der Waals surface area contributed by atoms with Crippen LogP contribution in [0.3, 0.4) is 0 Å². The van der Waals surface area contributed by atoms with Gasteiger partial charge in [0.25, 0.3) is 0 Å². The van der Waals surface area contributed by atoms with Gasteiger partial charge in [-0.25, -0.2) is 9.48 Å². The van der Waals surface area contributed by atoms with Crippen molar-refractivity contribution in [3.63, 3.8) is 0 Å². The molecular weight excluding hydrogens is 266 g/mol. The van der Waals surface area contributed by atoms with Crippen molar-refractivity contribution < 1.29 is 19.8 Å². The molecule has 0 unspecified atom stereocenters. The number of aliphatic hydroxyl groups excluding tert-OH is 1. The van der Waals surface area contributed by atoms with Crippen molar-refractivity contribution in [3.05, 3.63) is 11.9 Å². The molecule has 1 saturated heterocycles. The van der Waals surface area contributed by atoms with Gasteiger partial charge in [-0.05, 0) is 0 Å². The van der Waals surface area contributed by atoms with E-state index in [1.54, 1.807) is 4.90 Å². The van der Waals surface area contributed by atoms with E-state index < -0.39 is 5.97 Å². The van der Waals surface area contributed by atoms with E-state index in [2.05, 4.69) is 15.2 Å². The fourth-order valence-electron chi connectivity index (χ4n) is 2.07. The van der Waals surface area contributed by atoms with E-state index in [-0.39, 0.29) is 24.8 Å². The summed E-state index contributed by atoms with van der Waals surface area (Å²) in [5.74, 6) is -1.28. The van der Waals surface area contributed by atoms with Crippen LogP contribution in [0.15, 0.2) is 6.20 Å². The average Bonchev–Trinajstić information content (AvgIpc) is 2.88. The minimum Gasteiger partial charge on any atom is -0.476 e. The molecular formula is C11H17N5O4. The molecule has 2 heterocycles. The number of aromatic carboxylic acids is 1. The van der Waals surface area contributed by atoms with Gasteiger partial charge in [0.2, 0.25) is 5.91 Å². The summed E-state index contributed by atoms with van der Waals surface area (Å²) in [6.45, 7) is 3.37. The van der Waals surface area contributed by atoms with Crippen molar-refractivity contribution in [2.24, 2.45) is 0 Å². The largest absolute Gasteiger partial charge is 0.476 e. The van der Waals surface area contributed by atoms with E-state index in [1.807, 2.05) is 0 Å². The molecule has 0 aliphatic carbocycles. The number of rotatable bonds is 5. The summed E-state index contributed by atoms with van der Waals surface area (Å²) < 4.78 is 1.23. The smallest absolute Gasteiger partial charge is 0.358 e. The second-order valence-corrected chi connectivity index (χ2v) is 4.55. The lowest BCUT2D eigenvalue weighted by atomic mass is 10.3. The average molecular weight is 283 g/mol. The summed E-state index contributed by atoms with van der Waals surface area (Å²) in [6, 6.07) is 0. The van der Waals surface area contributed by atoms with Crippen LogP contribution in [0.5, 0.6) is 0 Å². The van der Waals surface area contributed by atoms with Crippen LogP contribution in [-0.2, 0) is 11.3 Å². The number of aromatic nitrogens is 3. The van der Waals surface area contributed by atoms with Crippen LogP contribution in [0.25, 0.3) is 0 Å². The topological polar surface area (TPSA) is 112 Å². The van der Waals surface area contributed by atoms with Crippen molar-refractivity contribution in [1.29, 1.82) is 0 Å². The maximum absolute atomic E-state index is 12.0. The number of carbonyl (C=O) groups excluding carboxylic acids is 1. The number of β-amino-alcohol motifs (C(OH)–C–C–N with tert-alkyl or cyclic N) is 1. The zero-order valence-corrected chi connectivity index (χ0v) is 11.0. The van der Waals surface area contributed by atoms with Gasteiger partial charge >= 0.3 is 5.97 Å². The van der Waals surface area contributed by atoms with Crippen LogP contribution in [-0.4, -0.2) is 86.2 Å². The number of carboxylic acids is 1. The van der Waals surface area contributed by atoms with Crippen LogP contribution in [0.4, 0.5) is 0 Å². The van der Waals surface area contributed by atoms with Crippen molar-refractivity contribution in [3.8, 4) is 0 Å². The Labute approximate surface area is 115 Å². The lowest BCUT2D eigenvalue weighted by Gasteiger charge is -2.34. The van der Waals surface area contributed by atoms with Gasteiger partial charge < -0.3 is 15.1 Å². The van der Waals surface area contributed by atoms with Gasteiger partial charge in [-0.3, -0.25) is 9.69 Å². The molecule has 0 bridgehead atoms. The number of nitrogens with zero attached hydrogens (tertiary/aromatic N) is 5. The minimum atomic E-state index is -1.17. The highest BCUT2D eigenvalue weighted by Gasteiger charge is 2.21. The first kappa shape index (κ1) is 14.4. The molecule has 1 aliphatic heterocycles. The van der Waals surface area contributed by atoms with Gasteiger partial charge in [-0.15, -0.1) is 5.10 Å². The van der Waals surface area contributed by atoms with Gasteiger partial charge in [0.1, 0.15) is 6.54 Å². The summed E-state index contributed by atoms with van der Waals surface area (Å²) >= 11 is 0. The fraction of sp³-hybridized carbons (Fsp3) is 0.636. The summed E-state index contributed by atoms with van der Waals surface area (Å²) in [4.78, 5) is 26.5. The van der Waals surface area contributed by atoms with Crippen LogP contribution < -0.4 is 0 Å². The highest BCUT2D eigenvalue weighted by Crippen LogP contribution is 2.03. The monoisotopic (exact) mass is 283 g/mol. The Bertz CT molecular complexity index is 481. The molecule has 0 atom stereocenters. The summed E-state index contributed by atoms with van der Waals surface area (Å²) in [7, 11) is 0. The molecule has 0 spiro atoms. The summed E-state index contributed by atoms with van der Waals surface area (Å²) in [5, 5.41) is 24.6. The molecule has 9 nitrogen and oxygen atoms in total. The van der Waals surface area contributed by atoms with Gasteiger partial charge in [0, 0.05) is 32.7 Å². The van der Waals surface area contributed by atoms with E-state index in [1.165, 1.54) is 10.9 Å². The number of hydrogen-bond acceptors (Lipinski definition) is 6. The van der Waals surface area contributed by atoms with E-state index in [0.717, 1.165) is 13.1 Å². The maximum atomic E-state index is 12.0. The predicted octanol–water partition coefficient (Wildman–Crippen LogP) is -1.89. The molecule has 2 N–H and O–H groups in total. The third-order valence-corrected chi connectivity index (χ3v) is 3.20. The molecule has 1 aliphatic rings. The number of carboxylic acid groups (broad SMARTS) is 1. The second kappa shape index (κ2) is 6.44. The van der Waals surface area contributed by atoms with E-state index in [0.29, 0.717) is 19.6 Å². The van der Waals surface area contributed by atoms with E-state index in [4.69, 9.17) is 10.2 Å². The van der Waals surface area contributed by atoms with Crippen LogP contribution in [0.2, 0.25) is 0 Å². The number of carbonyl (C=O) groups is 2. The Hall–Kier alpha value is -2.00. The number of aliphatic hydroxyl groups is 1. The van der Waals surface area contributed by atoms with Gasteiger partial charge in [0.05, 0.1) is 12.8 Å². The zero-order valence-electron chi connectivity index (χ0n) is 11.0. The highest BCUT2D eigenvalue weighted by molar-refractivity contribution is 5.84. The highest BCUT2D eigenvalue weighted by atomic mass is 16.4. The first-order valence-corrected chi connectivity index (χ1v) is 6.34. The second-order valence-electron chi connectivity index (χ2n) is 4.55. The third kappa shape index (κ3) is 3.52. The number of amides is 1. The maximum Gasteiger partial charge on any atom is 0.358 e. The van der Waals surface area contributed by atoms with E-state index in [9.17, 15) is 9.59 Å². The van der Waals surface area contributed by atoms with E-state index >= 15 is 0 Å². The van der Waals surface area contributed by atoms with Crippen molar-refractivity contribution in [2.75, 3.05) is 39.3 Å². The molecule has 0 radical (unpaired) electrons. The van der Waals surface area contributed by atoms with Gasteiger partial charge in [-0.1, -0.05) is 5.21 Å². The quantitative estimate of drug-likeness (QED) is 0.650. The van der Waals surface area contributed by atoms with Crippen LogP contribution in [0, 0.1) is 0 Å². The number of hydrogen-bond donors (Lipinski definition) is 2. The third-order valence-electron chi connectivity index (χ3n) is 3.20. The number of piperazine rings is 1. The molecule has 1 aromatic rings. The van der Waals surface area contributed by atoms with Crippen LogP contribution in [0.1, 0.15) is 10.5 Å². The Morgan fingerprint density at radius 2 is 1.95 bits per heavy atom. The molecule has 1 amide bonds. The van der Waals surface area contributed by atoms with Gasteiger partial charge in [0.15, 0.2) is 5.69 Å². The molecule has 2 rings (SSSR count). The SMILES string of the molecule is O=C(O)c1cn(CC(=O)N2CCN(CCO)CC2)nn1. The summed E-state index contributed by atoms with van der Waals surface area (Å²) in [5.41, 5.74) is -0.175. The lowest BCUT2D eigenvalue weighted by Crippen LogP contribution is -2.50. The Morgan fingerprint density at radius 3 is 2.50 bits per heavy atom. The molecule has 20 heavy (non-hydrogen) atoms. The normalized spacial score (nSPS) is 16.4. The lowest BCUT2D eigenvalue weighted by molar-refractivity contribution is -0.133. The molecule has 9 heteroatoms. The molecule has 1 fully saturated rings. The van der Waals surface area contributed by atoms with Crippen LogP contribution >= 0.6 is 0 Å². The van der Waals surface area contributed by atoms with Gasteiger partial charge in [-0.2, -0.15) is 0 Å².